The summed E-state index contributed by atoms with van der Waals surface area (Å²) in [6.07, 6.45) is 1.59. The maximum Gasteiger partial charge on any atom is 0.319 e. The number of thiazole rings is 1. The largest absolute Gasteiger partial charge is 0.486 e. The predicted octanol–water partition coefficient (Wildman–Crippen LogP) is 4.94. The Hall–Kier alpha value is -3.36. The fourth-order valence-corrected chi connectivity index (χ4v) is 3.14. The molecule has 0 unspecified atom stereocenters. The summed E-state index contributed by atoms with van der Waals surface area (Å²) in [5.74, 6) is 0.348. The van der Waals surface area contributed by atoms with Crippen molar-refractivity contribution in [3.05, 3.63) is 82.3 Å². The summed E-state index contributed by atoms with van der Waals surface area (Å²) in [5, 5.41) is 11.1. The number of anilines is 2. The van der Waals surface area contributed by atoms with Gasteiger partial charge < -0.3 is 20.7 Å². The van der Waals surface area contributed by atoms with Gasteiger partial charge in [-0.2, -0.15) is 0 Å². The van der Waals surface area contributed by atoms with Crippen molar-refractivity contribution in [3.63, 3.8) is 0 Å². The van der Waals surface area contributed by atoms with Crippen molar-refractivity contribution in [2.75, 3.05) is 17.2 Å². The van der Waals surface area contributed by atoms with Crippen molar-refractivity contribution in [3.8, 4) is 5.75 Å². The zero-order chi connectivity index (χ0) is 21.3. The molecule has 7 nitrogen and oxygen atoms in total. The molecule has 1 aromatic heterocycles. The Balaban J connectivity index is 1.51. The molecule has 0 aliphatic heterocycles. The molecular formula is C21H19ClN4O3S. The summed E-state index contributed by atoms with van der Waals surface area (Å²) in [5.41, 5.74) is 1.49. The van der Waals surface area contributed by atoms with Gasteiger partial charge in [-0.1, -0.05) is 17.7 Å². The van der Waals surface area contributed by atoms with E-state index in [1.165, 1.54) is 11.3 Å². The van der Waals surface area contributed by atoms with Gasteiger partial charge in [-0.3, -0.25) is 4.79 Å². The number of amides is 3. The Morgan fingerprint density at radius 3 is 2.40 bits per heavy atom. The van der Waals surface area contributed by atoms with Crippen molar-refractivity contribution in [1.29, 1.82) is 0 Å². The number of nitrogens with zero attached hydrogens (tertiary/aromatic N) is 1. The minimum absolute atomic E-state index is 0.258. The molecule has 0 aliphatic carbocycles. The fraction of sp³-hybridized carbons (Fsp3) is 0.0952. The molecule has 3 amide bonds. The highest BCUT2D eigenvalue weighted by Crippen LogP contribution is 2.19. The summed E-state index contributed by atoms with van der Waals surface area (Å²) < 4.78 is 5.64. The molecule has 1 heterocycles. The molecule has 30 heavy (non-hydrogen) atoms. The second kappa shape index (κ2) is 10.4. The van der Waals surface area contributed by atoms with E-state index in [1.54, 1.807) is 60.0 Å². The van der Waals surface area contributed by atoms with Crippen LogP contribution in [0.1, 0.15) is 15.5 Å². The highest BCUT2D eigenvalue weighted by molar-refractivity contribution is 7.09. The zero-order valence-electron chi connectivity index (χ0n) is 15.9. The molecule has 3 N–H and O–H groups in total. The van der Waals surface area contributed by atoms with E-state index in [2.05, 4.69) is 27.5 Å². The molecule has 0 atom stereocenters. The van der Waals surface area contributed by atoms with Crippen molar-refractivity contribution >= 4 is 46.3 Å². The first-order chi connectivity index (χ1) is 14.5. The van der Waals surface area contributed by atoms with E-state index < -0.39 is 0 Å². The number of hydrogen-bond acceptors (Lipinski definition) is 5. The number of ether oxygens (including phenoxy) is 1. The Labute approximate surface area is 182 Å². The van der Waals surface area contributed by atoms with Crippen molar-refractivity contribution in [1.82, 2.24) is 10.3 Å². The predicted molar refractivity (Wildman–Crippen MR) is 120 cm³/mol. The minimum atomic E-state index is -0.331. The van der Waals surface area contributed by atoms with E-state index in [0.29, 0.717) is 39.4 Å². The lowest BCUT2D eigenvalue weighted by atomic mass is 10.2. The third-order valence-electron chi connectivity index (χ3n) is 3.77. The number of carbonyl (C=O) groups excluding carboxylic acids is 2. The van der Waals surface area contributed by atoms with Gasteiger partial charge in [-0.25, -0.2) is 9.78 Å². The molecule has 2 aromatic carbocycles. The molecule has 0 saturated heterocycles. The van der Waals surface area contributed by atoms with Crippen LogP contribution in [0.15, 0.2) is 66.6 Å². The molecule has 0 radical (unpaired) electrons. The highest BCUT2D eigenvalue weighted by atomic mass is 35.5. The zero-order valence-corrected chi connectivity index (χ0v) is 17.4. The van der Waals surface area contributed by atoms with Crippen LogP contribution in [-0.2, 0) is 6.61 Å². The molecule has 154 valence electrons. The molecule has 0 spiro atoms. The number of halogens is 1. The summed E-state index contributed by atoms with van der Waals surface area (Å²) >= 11 is 7.19. The first-order valence-electron chi connectivity index (χ1n) is 8.93. The Morgan fingerprint density at radius 1 is 1.07 bits per heavy atom. The fourth-order valence-electron chi connectivity index (χ4n) is 2.33. The minimum Gasteiger partial charge on any atom is -0.486 e. The average molecular weight is 443 g/mol. The number of carbonyl (C=O) groups is 2. The lowest BCUT2D eigenvalue weighted by molar-refractivity contribution is 0.102. The quantitative estimate of drug-likeness (QED) is 0.431. The summed E-state index contributed by atoms with van der Waals surface area (Å²) in [6.45, 7) is 4.17. The van der Waals surface area contributed by atoms with Crippen LogP contribution in [0.3, 0.4) is 0 Å². The van der Waals surface area contributed by atoms with Gasteiger partial charge in [0, 0.05) is 28.3 Å². The molecular weight excluding hydrogens is 424 g/mol. The standard InChI is InChI=1S/C21H19ClN4O3S/c1-2-11-23-21(28)25-16-7-5-15(6-8-16)24-20(27)18-13-30-19(26-18)12-29-17-9-3-14(22)4-10-17/h2-10,13H,1,11-12H2,(H,24,27)(H2,23,25,28). The van der Waals surface area contributed by atoms with Crippen LogP contribution in [0.25, 0.3) is 0 Å². The van der Waals surface area contributed by atoms with E-state index in [0.717, 1.165) is 0 Å². The van der Waals surface area contributed by atoms with Gasteiger partial charge in [0.2, 0.25) is 0 Å². The van der Waals surface area contributed by atoms with Gasteiger partial charge in [0.25, 0.3) is 5.91 Å². The molecule has 9 heteroatoms. The molecule has 3 aromatic rings. The van der Waals surface area contributed by atoms with Crippen LogP contribution in [-0.4, -0.2) is 23.5 Å². The Kier molecular flexibility index (Phi) is 7.42. The van der Waals surface area contributed by atoms with E-state index in [9.17, 15) is 9.59 Å². The number of urea groups is 1. The molecule has 0 saturated carbocycles. The summed E-state index contributed by atoms with van der Waals surface area (Å²) in [6, 6.07) is 13.5. The number of benzene rings is 2. The summed E-state index contributed by atoms with van der Waals surface area (Å²) in [7, 11) is 0. The smallest absolute Gasteiger partial charge is 0.319 e. The monoisotopic (exact) mass is 442 g/mol. The lowest BCUT2D eigenvalue weighted by Gasteiger charge is -2.07. The third-order valence-corrected chi connectivity index (χ3v) is 4.84. The highest BCUT2D eigenvalue weighted by Gasteiger charge is 2.12. The molecule has 0 aliphatic rings. The van der Waals surface area contributed by atoms with E-state index >= 15 is 0 Å². The van der Waals surface area contributed by atoms with Crippen molar-refractivity contribution in [2.24, 2.45) is 0 Å². The average Bonchev–Trinajstić information content (AvgIpc) is 3.22. The van der Waals surface area contributed by atoms with Gasteiger partial charge >= 0.3 is 6.03 Å². The van der Waals surface area contributed by atoms with Crippen LogP contribution < -0.4 is 20.7 Å². The molecule has 0 fully saturated rings. The maximum absolute atomic E-state index is 12.4. The first-order valence-corrected chi connectivity index (χ1v) is 10.2. The van der Waals surface area contributed by atoms with E-state index in [-0.39, 0.29) is 18.5 Å². The summed E-state index contributed by atoms with van der Waals surface area (Å²) in [4.78, 5) is 28.3. The number of aromatic nitrogens is 1. The normalized spacial score (nSPS) is 10.2. The van der Waals surface area contributed by atoms with Gasteiger partial charge in [-0.15, -0.1) is 17.9 Å². The topological polar surface area (TPSA) is 92.4 Å². The second-order valence-electron chi connectivity index (χ2n) is 6.02. The Bertz CT molecular complexity index is 1020. The van der Waals surface area contributed by atoms with Gasteiger partial charge in [0.15, 0.2) is 0 Å². The maximum atomic E-state index is 12.4. The first kappa shape index (κ1) is 21.4. The van der Waals surface area contributed by atoms with Crippen LogP contribution in [0.5, 0.6) is 5.75 Å². The van der Waals surface area contributed by atoms with Crippen molar-refractivity contribution in [2.45, 2.75) is 6.61 Å². The third kappa shape index (κ3) is 6.33. The van der Waals surface area contributed by atoms with E-state index in [4.69, 9.17) is 16.3 Å². The van der Waals surface area contributed by atoms with Gasteiger partial charge in [-0.05, 0) is 48.5 Å². The van der Waals surface area contributed by atoms with Gasteiger partial charge in [0.05, 0.1) is 0 Å². The number of hydrogen-bond donors (Lipinski definition) is 3. The van der Waals surface area contributed by atoms with Crippen molar-refractivity contribution < 1.29 is 14.3 Å². The van der Waals surface area contributed by atoms with E-state index in [1.807, 2.05) is 0 Å². The van der Waals surface area contributed by atoms with Crippen LogP contribution >= 0.6 is 22.9 Å². The second-order valence-corrected chi connectivity index (χ2v) is 7.40. The number of rotatable bonds is 8. The Morgan fingerprint density at radius 2 is 1.73 bits per heavy atom. The van der Waals surface area contributed by atoms with Gasteiger partial charge in [0.1, 0.15) is 23.1 Å². The van der Waals surface area contributed by atoms with Crippen LogP contribution in [0, 0.1) is 0 Å². The van der Waals surface area contributed by atoms with Crippen LogP contribution in [0.2, 0.25) is 5.02 Å². The SMILES string of the molecule is C=CCNC(=O)Nc1ccc(NC(=O)c2csc(COc3ccc(Cl)cc3)n2)cc1. The lowest BCUT2D eigenvalue weighted by Crippen LogP contribution is -2.28. The van der Waals surface area contributed by atoms with Crippen LogP contribution in [0.4, 0.5) is 16.2 Å². The number of nitrogens with one attached hydrogen (secondary N) is 3. The molecule has 3 rings (SSSR count). The molecule has 0 bridgehead atoms.